The first-order valence-electron chi connectivity index (χ1n) is 9.27. The van der Waals surface area contributed by atoms with Crippen LogP contribution in [-0.2, 0) is 4.79 Å². The molecule has 0 aromatic heterocycles. The maximum atomic E-state index is 13.2. The van der Waals surface area contributed by atoms with E-state index in [9.17, 15) is 14.3 Å². The van der Waals surface area contributed by atoms with E-state index < -0.39 is 0 Å². The zero-order valence-electron chi connectivity index (χ0n) is 14.8. The minimum atomic E-state index is -0.356. The first-order chi connectivity index (χ1) is 12.0. The Morgan fingerprint density at radius 3 is 2.64 bits per heavy atom. The average Bonchev–Trinajstić information content (AvgIpc) is 2.62. The van der Waals surface area contributed by atoms with E-state index in [0.29, 0.717) is 5.69 Å². The molecule has 1 aromatic carbocycles. The van der Waals surface area contributed by atoms with Gasteiger partial charge in [-0.05, 0) is 38.0 Å². The third-order valence-corrected chi connectivity index (χ3v) is 5.53. The van der Waals surface area contributed by atoms with E-state index in [1.165, 1.54) is 18.6 Å². The highest BCUT2D eigenvalue weighted by Crippen LogP contribution is 2.24. The molecule has 138 valence electrons. The minimum Gasteiger partial charge on any atom is -0.391 e. The molecule has 0 bridgehead atoms. The summed E-state index contributed by atoms with van der Waals surface area (Å²) in [6.07, 6.45) is 4.06. The molecule has 2 aliphatic rings. The first-order valence-corrected chi connectivity index (χ1v) is 9.27. The van der Waals surface area contributed by atoms with Gasteiger partial charge < -0.3 is 10.4 Å². The number of amides is 1. The monoisotopic (exact) mass is 349 g/mol. The molecule has 25 heavy (non-hydrogen) atoms. The summed E-state index contributed by atoms with van der Waals surface area (Å²) in [5.74, 6) is -0.471. The van der Waals surface area contributed by atoms with Gasteiger partial charge in [0.25, 0.3) is 0 Å². The van der Waals surface area contributed by atoms with Gasteiger partial charge in [0.15, 0.2) is 0 Å². The summed E-state index contributed by atoms with van der Waals surface area (Å²) in [7, 11) is 0. The van der Waals surface area contributed by atoms with Gasteiger partial charge in [0, 0.05) is 37.9 Å². The molecular formula is C19H28FN3O2. The van der Waals surface area contributed by atoms with E-state index in [4.69, 9.17) is 0 Å². The molecule has 0 radical (unpaired) electrons. The van der Waals surface area contributed by atoms with Gasteiger partial charge >= 0.3 is 0 Å². The fraction of sp³-hybridized carbons (Fsp3) is 0.632. The molecule has 1 heterocycles. The lowest BCUT2D eigenvalue weighted by Crippen LogP contribution is -2.57. The molecule has 3 atom stereocenters. The molecule has 1 saturated heterocycles. The summed E-state index contributed by atoms with van der Waals surface area (Å²) in [5.41, 5.74) is 0.487. The summed E-state index contributed by atoms with van der Waals surface area (Å²) in [4.78, 5) is 17.0. The summed E-state index contributed by atoms with van der Waals surface area (Å²) in [6.45, 7) is 5.25. The lowest BCUT2D eigenvalue weighted by molar-refractivity contribution is -0.121. The molecule has 2 N–H and O–H groups in total. The summed E-state index contributed by atoms with van der Waals surface area (Å²) in [6, 6.07) is 5.97. The lowest BCUT2D eigenvalue weighted by Gasteiger charge is -2.43. The number of aliphatic hydroxyl groups is 1. The van der Waals surface area contributed by atoms with Crippen LogP contribution in [0.25, 0.3) is 0 Å². The topological polar surface area (TPSA) is 55.8 Å². The van der Waals surface area contributed by atoms with Gasteiger partial charge in [-0.15, -0.1) is 0 Å². The van der Waals surface area contributed by atoms with Crippen molar-refractivity contribution in [1.29, 1.82) is 0 Å². The van der Waals surface area contributed by atoms with Crippen LogP contribution in [0, 0.1) is 5.82 Å². The number of carbonyl (C=O) groups is 1. The summed E-state index contributed by atoms with van der Waals surface area (Å²) >= 11 is 0. The Morgan fingerprint density at radius 1 is 1.24 bits per heavy atom. The van der Waals surface area contributed by atoms with Gasteiger partial charge in [-0.3, -0.25) is 14.6 Å². The maximum absolute atomic E-state index is 13.2. The van der Waals surface area contributed by atoms with E-state index >= 15 is 0 Å². The molecule has 1 aromatic rings. The second kappa shape index (κ2) is 8.25. The molecule has 3 rings (SSSR count). The zero-order chi connectivity index (χ0) is 17.8. The van der Waals surface area contributed by atoms with Crippen molar-refractivity contribution >= 4 is 11.6 Å². The number of hydrogen-bond donors (Lipinski definition) is 2. The van der Waals surface area contributed by atoms with Crippen molar-refractivity contribution in [3.05, 3.63) is 30.1 Å². The largest absolute Gasteiger partial charge is 0.391 e. The van der Waals surface area contributed by atoms with E-state index in [1.54, 1.807) is 12.1 Å². The molecule has 1 amide bonds. The van der Waals surface area contributed by atoms with Crippen molar-refractivity contribution in [2.75, 3.05) is 31.5 Å². The Labute approximate surface area is 148 Å². The third kappa shape index (κ3) is 4.57. The Hall–Kier alpha value is -1.50. The van der Waals surface area contributed by atoms with E-state index in [2.05, 4.69) is 15.1 Å². The molecule has 5 nitrogen and oxygen atoms in total. The van der Waals surface area contributed by atoms with Gasteiger partial charge in [-0.2, -0.15) is 0 Å². The summed E-state index contributed by atoms with van der Waals surface area (Å²) < 4.78 is 13.2. The second-order valence-corrected chi connectivity index (χ2v) is 7.17. The van der Waals surface area contributed by atoms with Crippen LogP contribution >= 0.6 is 0 Å². The van der Waals surface area contributed by atoms with Crippen LogP contribution in [0.2, 0.25) is 0 Å². The number of carbonyl (C=O) groups excluding carboxylic acids is 1. The number of piperazine rings is 1. The van der Waals surface area contributed by atoms with E-state index in [0.717, 1.165) is 45.4 Å². The number of nitrogens with one attached hydrogen (secondary N) is 1. The normalized spacial score (nSPS) is 27.0. The predicted octanol–water partition coefficient (Wildman–Crippen LogP) is 2.07. The van der Waals surface area contributed by atoms with Crippen LogP contribution in [0.4, 0.5) is 10.1 Å². The predicted molar refractivity (Wildman–Crippen MR) is 95.9 cm³/mol. The van der Waals surface area contributed by atoms with Crippen molar-refractivity contribution in [1.82, 2.24) is 9.80 Å². The highest BCUT2D eigenvalue weighted by atomic mass is 19.1. The van der Waals surface area contributed by atoms with Crippen molar-refractivity contribution in [3.63, 3.8) is 0 Å². The fourth-order valence-corrected chi connectivity index (χ4v) is 3.95. The Kier molecular flexibility index (Phi) is 6.04. The van der Waals surface area contributed by atoms with E-state index in [-0.39, 0.29) is 29.9 Å². The first kappa shape index (κ1) is 18.3. The molecule has 6 heteroatoms. The highest BCUT2D eigenvalue weighted by Gasteiger charge is 2.32. The Morgan fingerprint density at radius 2 is 1.96 bits per heavy atom. The van der Waals surface area contributed by atoms with E-state index in [1.807, 2.05) is 6.92 Å². The maximum Gasteiger partial charge on any atom is 0.241 e. The number of anilines is 1. The number of aliphatic hydroxyl groups excluding tert-OH is 1. The molecule has 1 aliphatic carbocycles. The average molecular weight is 349 g/mol. The van der Waals surface area contributed by atoms with Crippen molar-refractivity contribution in [2.45, 2.75) is 50.8 Å². The van der Waals surface area contributed by atoms with Crippen LogP contribution in [0.3, 0.4) is 0 Å². The molecule has 0 spiro atoms. The molecule has 1 saturated carbocycles. The molecule has 2 fully saturated rings. The molecular weight excluding hydrogens is 321 g/mol. The van der Waals surface area contributed by atoms with Crippen molar-refractivity contribution < 1.29 is 14.3 Å². The van der Waals surface area contributed by atoms with Gasteiger partial charge in [-0.1, -0.05) is 18.9 Å². The van der Waals surface area contributed by atoms with Gasteiger partial charge in [0.1, 0.15) is 5.82 Å². The van der Waals surface area contributed by atoms with Crippen LogP contribution < -0.4 is 5.32 Å². The Balaban J connectivity index is 1.50. The van der Waals surface area contributed by atoms with Gasteiger partial charge in [0.2, 0.25) is 5.91 Å². The van der Waals surface area contributed by atoms with Gasteiger partial charge in [-0.25, -0.2) is 4.39 Å². The fourth-order valence-electron chi connectivity index (χ4n) is 3.95. The van der Waals surface area contributed by atoms with Crippen LogP contribution in [0.15, 0.2) is 24.3 Å². The van der Waals surface area contributed by atoms with Crippen LogP contribution in [0.5, 0.6) is 0 Å². The molecule has 1 aliphatic heterocycles. The van der Waals surface area contributed by atoms with Crippen LogP contribution in [-0.4, -0.2) is 65.2 Å². The minimum absolute atomic E-state index is 0.114. The number of rotatable bonds is 4. The quantitative estimate of drug-likeness (QED) is 0.874. The third-order valence-electron chi connectivity index (χ3n) is 5.53. The number of halogens is 1. The van der Waals surface area contributed by atoms with Crippen molar-refractivity contribution in [3.8, 4) is 0 Å². The smallest absolute Gasteiger partial charge is 0.241 e. The SMILES string of the molecule is CC(C(=O)Nc1cccc(F)c1)N1CCN(C2CCCCC2O)CC1. The Bertz CT molecular complexity index is 590. The molecule has 3 unspecified atom stereocenters. The number of nitrogens with zero attached hydrogens (tertiary/aromatic N) is 2. The second-order valence-electron chi connectivity index (χ2n) is 7.17. The standard InChI is InChI=1S/C19H28FN3O2/c1-14(19(25)21-16-6-4-5-15(20)13-16)22-9-11-23(12-10-22)17-7-2-3-8-18(17)24/h4-6,13-14,17-18,24H,2-3,7-12H2,1H3,(H,21,25). The number of benzene rings is 1. The van der Waals surface area contributed by atoms with Gasteiger partial charge in [0.05, 0.1) is 12.1 Å². The van der Waals surface area contributed by atoms with Crippen molar-refractivity contribution in [2.24, 2.45) is 0 Å². The lowest BCUT2D eigenvalue weighted by atomic mass is 9.91. The van der Waals surface area contributed by atoms with Crippen LogP contribution in [0.1, 0.15) is 32.6 Å². The zero-order valence-corrected chi connectivity index (χ0v) is 14.8. The number of hydrogen-bond acceptors (Lipinski definition) is 4. The highest BCUT2D eigenvalue weighted by molar-refractivity contribution is 5.94. The summed E-state index contributed by atoms with van der Waals surface area (Å²) in [5, 5.41) is 13.0.